The highest BCUT2D eigenvalue weighted by atomic mass is 79.9. The largest absolute Gasteiger partial charge is 0.483 e. The van der Waals surface area contributed by atoms with Gasteiger partial charge in [0, 0.05) is 26.2 Å². The van der Waals surface area contributed by atoms with Crippen LogP contribution in [0.5, 0.6) is 5.75 Å². The minimum absolute atomic E-state index is 0.0460. The number of hydrogen-bond donors (Lipinski definition) is 1. The molecule has 0 heterocycles. The Labute approximate surface area is 181 Å². The third-order valence-electron chi connectivity index (χ3n) is 4.52. The van der Waals surface area contributed by atoms with Crippen LogP contribution in [0.4, 0.5) is 5.69 Å². The highest BCUT2D eigenvalue weighted by Gasteiger charge is 2.15. The summed E-state index contributed by atoms with van der Waals surface area (Å²) in [5, 5.41) is 2.82. The highest BCUT2D eigenvalue weighted by molar-refractivity contribution is 9.10. The molecule has 6 heteroatoms. The molecule has 0 aliphatic carbocycles. The molecule has 0 spiro atoms. The first-order valence-corrected chi connectivity index (χ1v) is 10.4. The molecule has 0 unspecified atom stereocenters. The molecule has 2 aromatic carbocycles. The van der Waals surface area contributed by atoms with Gasteiger partial charge in [-0.2, -0.15) is 0 Å². The number of anilines is 1. The lowest BCUT2D eigenvalue weighted by atomic mass is 9.87. The molecule has 0 saturated carbocycles. The topological polar surface area (TPSA) is 58.6 Å². The van der Waals surface area contributed by atoms with E-state index in [1.165, 1.54) is 5.56 Å². The molecule has 0 atom stereocenters. The molecule has 5 nitrogen and oxygen atoms in total. The maximum absolute atomic E-state index is 12.2. The molecule has 0 aliphatic rings. The molecule has 0 bridgehead atoms. The van der Waals surface area contributed by atoms with Gasteiger partial charge in [-0.1, -0.05) is 39.0 Å². The van der Waals surface area contributed by atoms with Gasteiger partial charge >= 0.3 is 0 Å². The fourth-order valence-electron chi connectivity index (χ4n) is 2.65. The van der Waals surface area contributed by atoms with Crippen molar-refractivity contribution in [3.8, 4) is 5.75 Å². The van der Waals surface area contributed by atoms with E-state index in [9.17, 15) is 9.59 Å². The van der Waals surface area contributed by atoms with Gasteiger partial charge in [-0.25, -0.2) is 0 Å². The molecule has 29 heavy (non-hydrogen) atoms. The smallest absolute Gasteiger partial charge is 0.262 e. The Balaban J connectivity index is 1.86. The quantitative estimate of drug-likeness (QED) is 0.646. The van der Waals surface area contributed by atoms with E-state index in [1.807, 2.05) is 42.5 Å². The fraction of sp³-hybridized carbons (Fsp3) is 0.391. The average molecular weight is 461 g/mol. The summed E-state index contributed by atoms with van der Waals surface area (Å²) in [5.41, 5.74) is 2.99. The minimum Gasteiger partial charge on any atom is -0.483 e. The van der Waals surface area contributed by atoms with Gasteiger partial charge in [-0.05, 0) is 63.2 Å². The predicted octanol–water partition coefficient (Wildman–Crippen LogP) is 4.78. The first kappa shape index (κ1) is 22.9. The monoisotopic (exact) mass is 460 g/mol. The Hall–Kier alpha value is -2.34. The van der Waals surface area contributed by atoms with Crippen molar-refractivity contribution in [3.05, 3.63) is 58.1 Å². The number of ether oxygens (including phenoxy) is 1. The summed E-state index contributed by atoms with van der Waals surface area (Å²) in [6, 6.07) is 13.4. The molecule has 2 amide bonds. The Bertz CT molecular complexity index is 855. The zero-order valence-electron chi connectivity index (χ0n) is 17.7. The van der Waals surface area contributed by atoms with Crippen molar-refractivity contribution in [2.24, 2.45) is 0 Å². The predicted molar refractivity (Wildman–Crippen MR) is 120 cm³/mol. The van der Waals surface area contributed by atoms with E-state index in [0.717, 1.165) is 10.0 Å². The van der Waals surface area contributed by atoms with Crippen LogP contribution in [0.15, 0.2) is 46.9 Å². The van der Waals surface area contributed by atoms with Crippen LogP contribution in [0.25, 0.3) is 0 Å². The summed E-state index contributed by atoms with van der Waals surface area (Å²) in [4.78, 5) is 25.4. The fourth-order valence-corrected chi connectivity index (χ4v) is 3.15. The highest BCUT2D eigenvalue weighted by Crippen LogP contribution is 2.31. The number of nitrogens with one attached hydrogen (secondary N) is 1. The maximum Gasteiger partial charge on any atom is 0.262 e. The second kappa shape index (κ2) is 9.92. The van der Waals surface area contributed by atoms with E-state index in [1.54, 1.807) is 19.0 Å². The summed E-state index contributed by atoms with van der Waals surface area (Å²) in [6.45, 7) is 6.36. The molecule has 1 N–H and O–H groups in total. The van der Waals surface area contributed by atoms with Crippen LogP contribution in [-0.2, 0) is 21.4 Å². The number of nitrogens with zero attached hydrogens (tertiary/aromatic N) is 1. The van der Waals surface area contributed by atoms with E-state index < -0.39 is 0 Å². The van der Waals surface area contributed by atoms with Crippen molar-refractivity contribution in [2.45, 2.75) is 39.0 Å². The Morgan fingerprint density at radius 3 is 2.28 bits per heavy atom. The van der Waals surface area contributed by atoms with E-state index in [-0.39, 0.29) is 23.8 Å². The molecular weight excluding hydrogens is 432 g/mol. The Morgan fingerprint density at radius 2 is 1.72 bits per heavy atom. The summed E-state index contributed by atoms with van der Waals surface area (Å²) < 4.78 is 6.48. The van der Waals surface area contributed by atoms with Crippen LogP contribution < -0.4 is 10.1 Å². The lowest BCUT2D eigenvalue weighted by molar-refractivity contribution is -0.128. The van der Waals surface area contributed by atoms with Crippen molar-refractivity contribution in [2.75, 3.05) is 26.0 Å². The van der Waals surface area contributed by atoms with Gasteiger partial charge in [-0.3, -0.25) is 9.59 Å². The van der Waals surface area contributed by atoms with Crippen LogP contribution in [0.2, 0.25) is 0 Å². The molecule has 0 aromatic heterocycles. The van der Waals surface area contributed by atoms with E-state index >= 15 is 0 Å². The molecule has 2 aromatic rings. The molecule has 0 saturated heterocycles. The SMILES string of the molecule is CN(C)C(=O)CCc1ccc(NC(=O)COc2ccc(C(C)(C)C)cc2Br)cc1. The third kappa shape index (κ3) is 7.20. The number of aryl methyl sites for hydroxylation is 1. The van der Waals surface area contributed by atoms with Gasteiger partial charge in [0.05, 0.1) is 4.47 Å². The summed E-state index contributed by atoms with van der Waals surface area (Å²) in [5.74, 6) is 0.502. The first-order valence-electron chi connectivity index (χ1n) is 9.58. The lowest BCUT2D eigenvalue weighted by Gasteiger charge is -2.20. The molecule has 0 fully saturated rings. The van der Waals surface area contributed by atoms with Crippen molar-refractivity contribution in [1.82, 2.24) is 4.90 Å². The minimum atomic E-state index is -0.229. The molecule has 0 aliphatic heterocycles. The second-order valence-corrected chi connectivity index (χ2v) is 9.07. The summed E-state index contributed by atoms with van der Waals surface area (Å²) in [7, 11) is 3.50. The van der Waals surface area contributed by atoms with Gasteiger partial charge in [0.1, 0.15) is 5.75 Å². The molecule has 0 radical (unpaired) electrons. The van der Waals surface area contributed by atoms with Gasteiger partial charge in [0.25, 0.3) is 5.91 Å². The third-order valence-corrected chi connectivity index (χ3v) is 5.14. The number of benzene rings is 2. The standard InChI is InChI=1S/C23H29BrN2O3/c1-23(2,3)17-9-12-20(19(24)14-17)29-15-21(27)25-18-10-6-16(7-11-18)8-13-22(28)26(4)5/h6-7,9-12,14H,8,13,15H2,1-5H3,(H,25,27). The van der Waals surface area contributed by atoms with Crippen molar-refractivity contribution < 1.29 is 14.3 Å². The Kier molecular flexibility index (Phi) is 7.85. The Morgan fingerprint density at radius 1 is 1.07 bits per heavy atom. The number of halogens is 1. The van der Waals surface area contributed by atoms with Crippen LogP contribution in [0.3, 0.4) is 0 Å². The molecular formula is C23H29BrN2O3. The molecule has 156 valence electrons. The van der Waals surface area contributed by atoms with Crippen molar-refractivity contribution >= 4 is 33.4 Å². The second-order valence-electron chi connectivity index (χ2n) is 8.22. The number of hydrogen-bond acceptors (Lipinski definition) is 3. The van der Waals surface area contributed by atoms with Gasteiger partial charge in [0.15, 0.2) is 6.61 Å². The van der Waals surface area contributed by atoms with Crippen LogP contribution in [0, 0.1) is 0 Å². The van der Waals surface area contributed by atoms with E-state index in [2.05, 4.69) is 42.0 Å². The zero-order chi connectivity index (χ0) is 21.6. The molecule has 2 rings (SSSR count). The van der Waals surface area contributed by atoms with Crippen LogP contribution in [-0.4, -0.2) is 37.4 Å². The van der Waals surface area contributed by atoms with E-state index in [4.69, 9.17) is 4.74 Å². The van der Waals surface area contributed by atoms with Crippen LogP contribution in [0.1, 0.15) is 38.3 Å². The first-order chi connectivity index (χ1) is 13.6. The summed E-state index contributed by atoms with van der Waals surface area (Å²) >= 11 is 3.51. The number of amides is 2. The number of rotatable bonds is 7. The zero-order valence-corrected chi connectivity index (χ0v) is 19.3. The van der Waals surface area contributed by atoms with Gasteiger partial charge < -0.3 is 15.0 Å². The lowest BCUT2D eigenvalue weighted by Crippen LogP contribution is -2.21. The normalized spacial score (nSPS) is 11.1. The number of carbonyl (C=O) groups is 2. The number of carbonyl (C=O) groups excluding carboxylic acids is 2. The van der Waals surface area contributed by atoms with Crippen molar-refractivity contribution in [3.63, 3.8) is 0 Å². The van der Waals surface area contributed by atoms with Crippen LogP contribution >= 0.6 is 15.9 Å². The van der Waals surface area contributed by atoms with Gasteiger partial charge in [-0.15, -0.1) is 0 Å². The average Bonchev–Trinajstić information content (AvgIpc) is 2.65. The van der Waals surface area contributed by atoms with Crippen molar-refractivity contribution in [1.29, 1.82) is 0 Å². The maximum atomic E-state index is 12.2. The summed E-state index contributed by atoms with van der Waals surface area (Å²) in [6.07, 6.45) is 1.14. The van der Waals surface area contributed by atoms with E-state index in [0.29, 0.717) is 24.3 Å². The van der Waals surface area contributed by atoms with Gasteiger partial charge in [0.2, 0.25) is 5.91 Å².